The zero-order valence-corrected chi connectivity index (χ0v) is 16.1. The first-order valence-corrected chi connectivity index (χ1v) is 10.0. The highest BCUT2D eigenvalue weighted by Crippen LogP contribution is 2.26. The van der Waals surface area contributed by atoms with Crippen LogP contribution in [0.3, 0.4) is 0 Å². The molecule has 6 nitrogen and oxygen atoms in total. The zero-order valence-electron chi connectivity index (χ0n) is 16.1. The molecule has 1 aliphatic heterocycles. The number of carbonyl (C=O) groups excluding carboxylic acids is 1. The molecular formula is C22H24N4O2. The molecule has 0 spiro atoms. The third kappa shape index (κ3) is 2.76. The van der Waals surface area contributed by atoms with Gasteiger partial charge in [0.05, 0.1) is 23.0 Å². The van der Waals surface area contributed by atoms with Crippen molar-refractivity contribution in [3.63, 3.8) is 0 Å². The minimum Gasteiger partial charge on any atom is -0.461 e. The van der Waals surface area contributed by atoms with Crippen molar-refractivity contribution in [1.82, 2.24) is 18.9 Å². The Morgan fingerprint density at radius 1 is 1.04 bits per heavy atom. The molecule has 0 unspecified atom stereocenters. The summed E-state index contributed by atoms with van der Waals surface area (Å²) in [5, 5.41) is 0. The first kappa shape index (κ1) is 17.3. The lowest BCUT2D eigenvalue weighted by Gasteiger charge is -2.26. The van der Waals surface area contributed by atoms with Crippen LogP contribution in [0.4, 0.5) is 0 Å². The van der Waals surface area contributed by atoms with Gasteiger partial charge in [-0.3, -0.25) is 9.20 Å². The summed E-state index contributed by atoms with van der Waals surface area (Å²) in [6.07, 6.45) is 5.44. The normalized spacial score (nSPS) is 15.6. The fraction of sp³-hybridized carbons (Fsp3) is 0.364. The van der Waals surface area contributed by atoms with Gasteiger partial charge in [-0.1, -0.05) is 18.6 Å². The van der Waals surface area contributed by atoms with Crippen LogP contribution in [-0.2, 0) is 6.54 Å². The summed E-state index contributed by atoms with van der Waals surface area (Å²) in [4.78, 5) is 20.4. The first-order valence-electron chi connectivity index (χ1n) is 10.0. The second-order valence-electron chi connectivity index (χ2n) is 7.53. The molecule has 5 rings (SSSR count). The number of hydrogen-bond acceptors (Lipinski definition) is 4. The second kappa shape index (κ2) is 6.95. The molecule has 3 aromatic heterocycles. The SMILES string of the molecule is Cc1nc2n(CCN3CCCCC3)c3ccccc3n2c1C(=O)c1ccco1. The van der Waals surface area contributed by atoms with E-state index in [0.717, 1.165) is 35.6 Å². The number of likely N-dealkylation sites (tertiary alicyclic amines) is 1. The van der Waals surface area contributed by atoms with Crippen molar-refractivity contribution in [3.05, 3.63) is 59.8 Å². The number of furan rings is 1. The lowest BCUT2D eigenvalue weighted by atomic mass is 10.1. The van der Waals surface area contributed by atoms with Crippen molar-refractivity contribution < 1.29 is 9.21 Å². The Balaban J connectivity index is 1.62. The number of hydrogen-bond donors (Lipinski definition) is 0. The number of ketones is 1. The van der Waals surface area contributed by atoms with Crippen LogP contribution in [0.25, 0.3) is 16.8 Å². The molecule has 4 heterocycles. The molecule has 0 radical (unpaired) electrons. The highest BCUT2D eigenvalue weighted by Gasteiger charge is 2.25. The highest BCUT2D eigenvalue weighted by molar-refractivity contribution is 6.08. The maximum absolute atomic E-state index is 13.1. The summed E-state index contributed by atoms with van der Waals surface area (Å²) in [6.45, 7) is 6.10. The van der Waals surface area contributed by atoms with Crippen molar-refractivity contribution in [3.8, 4) is 0 Å². The average molecular weight is 376 g/mol. The second-order valence-corrected chi connectivity index (χ2v) is 7.53. The van der Waals surface area contributed by atoms with Gasteiger partial charge in [-0.2, -0.15) is 0 Å². The summed E-state index contributed by atoms with van der Waals surface area (Å²) >= 11 is 0. The fourth-order valence-corrected chi connectivity index (χ4v) is 4.35. The number of piperidine rings is 1. The lowest BCUT2D eigenvalue weighted by Crippen LogP contribution is -2.32. The smallest absolute Gasteiger partial charge is 0.246 e. The van der Waals surface area contributed by atoms with Crippen LogP contribution in [-0.4, -0.2) is 44.3 Å². The number of imidazole rings is 2. The summed E-state index contributed by atoms with van der Waals surface area (Å²) in [6, 6.07) is 11.7. The van der Waals surface area contributed by atoms with Gasteiger partial charge in [-0.05, 0) is 57.1 Å². The molecule has 0 N–H and O–H groups in total. The van der Waals surface area contributed by atoms with E-state index in [-0.39, 0.29) is 5.78 Å². The van der Waals surface area contributed by atoms with Crippen molar-refractivity contribution in [2.75, 3.05) is 19.6 Å². The van der Waals surface area contributed by atoms with Crippen LogP contribution in [0.1, 0.15) is 41.2 Å². The quantitative estimate of drug-likeness (QED) is 0.496. The van der Waals surface area contributed by atoms with Gasteiger partial charge >= 0.3 is 0 Å². The third-order valence-corrected chi connectivity index (χ3v) is 5.74. The Kier molecular flexibility index (Phi) is 4.28. The van der Waals surface area contributed by atoms with E-state index in [1.54, 1.807) is 12.1 Å². The fourth-order valence-electron chi connectivity index (χ4n) is 4.35. The molecule has 4 aromatic rings. The van der Waals surface area contributed by atoms with E-state index < -0.39 is 0 Å². The number of aryl methyl sites for hydroxylation is 1. The Hall–Kier alpha value is -2.86. The molecular weight excluding hydrogens is 352 g/mol. The molecule has 1 aliphatic rings. The number of rotatable bonds is 5. The highest BCUT2D eigenvalue weighted by atomic mass is 16.3. The number of nitrogens with zero attached hydrogens (tertiary/aromatic N) is 4. The maximum atomic E-state index is 13.1. The van der Waals surface area contributed by atoms with E-state index >= 15 is 0 Å². The van der Waals surface area contributed by atoms with Crippen molar-refractivity contribution >= 4 is 22.6 Å². The van der Waals surface area contributed by atoms with Crippen molar-refractivity contribution in [2.45, 2.75) is 32.7 Å². The number of fused-ring (bicyclic) bond motifs is 3. The van der Waals surface area contributed by atoms with Crippen LogP contribution < -0.4 is 0 Å². The number of para-hydroxylation sites is 2. The monoisotopic (exact) mass is 376 g/mol. The number of aromatic nitrogens is 3. The Bertz CT molecular complexity index is 1130. The minimum atomic E-state index is -0.131. The molecule has 0 atom stereocenters. The molecule has 1 aromatic carbocycles. The molecule has 0 bridgehead atoms. The molecule has 0 saturated carbocycles. The molecule has 6 heteroatoms. The average Bonchev–Trinajstić information content (AvgIpc) is 3.43. The molecule has 1 fully saturated rings. The maximum Gasteiger partial charge on any atom is 0.246 e. The predicted molar refractivity (Wildman–Crippen MR) is 108 cm³/mol. The van der Waals surface area contributed by atoms with Gasteiger partial charge in [0, 0.05) is 13.1 Å². The van der Waals surface area contributed by atoms with E-state index in [1.165, 1.54) is 38.6 Å². The van der Waals surface area contributed by atoms with E-state index in [2.05, 4.69) is 21.6 Å². The van der Waals surface area contributed by atoms with Gasteiger partial charge in [0.2, 0.25) is 11.6 Å². The van der Waals surface area contributed by atoms with E-state index in [0.29, 0.717) is 11.5 Å². The van der Waals surface area contributed by atoms with Crippen molar-refractivity contribution in [1.29, 1.82) is 0 Å². The molecule has 1 saturated heterocycles. The first-order chi connectivity index (χ1) is 13.7. The van der Waals surface area contributed by atoms with Crippen molar-refractivity contribution in [2.24, 2.45) is 0 Å². The Labute approximate surface area is 163 Å². The van der Waals surface area contributed by atoms with E-state index in [1.807, 2.05) is 23.5 Å². The third-order valence-electron chi connectivity index (χ3n) is 5.74. The molecule has 0 amide bonds. The minimum absolute atomic E-state index is 0.131. The molecule has 0 aliphatic carbocycles. The summed E-state index contributed by atoms with van der Waals surface area (Å²) in [5.41, 5.74) is 3.42. The van der Waals surface area contributed by atoms with Gasteiger partial charge in [0.1, 0.15) is 5.69 Å². The Morgan fingerprint density at radius 2 is 1.82 bits per heavy atom. The molecule has 144 valence electrons. The number of benzene rings is 1. The van der Waals surface area contributed by atoms with Gasteiger partial charge in [-0.25, -0.2) is 4.98 Å². The van der Waals surface area contributed by atoms with Crippen LogP contribution in [0.5, 0.6) is 0 Å². The van der Waals surface area contributed by atoms with E-state index in [4.69, 9.17) is 9.40 Å². The predicted octanol–water partition coefficient (Wildman–Crippen LogP) is 3.91. The van der Waals surface area contributed by atoms with Crippen LogP contribution in [0.2, 0.25) is 0 Å². The summed E-state index contributed by atoms with van der Waals surface area (Å²) in [7, 11) is 0. The van der Waals surface area contributed by atoms with Crippen LogP contribution in [0.15, 0.2) is 47.1 Å². The standard InChI is InChI=1S/C22H24N4O2/c1-16-20(21(27)19-10-7-15-28-19)26-18-9-4-3-8-17(18)25(22(26)23-16)14-13-24-11-5-2-6-12-24/h3-4,7-10,15H,2,5-6,11-14H2,1H3. The van der Waals surface area contributed by atoms with Gasteiger partial charge in [-0.15, -0.1) is 0 Å². The van der Waals surface area contributed by atoms with Gasteiger partial charge < -0.3 is 13.9 Å². The summed E-state index contributed by atoms with van der Waals surface area (Å²) in [5.74, 6) is 1.04. The van der Waals surface area contributed by atoms with E-state index in [9.17, 15) is 4.79 Å². The van der Waals surface area contributed by atoms with Gasteiger partial charge in [0.15, 0.2) is 5.76 Å². The molecule has 28 heavy (non-hydrogen) atoms. The largest absolute Gasteiger partial charge is 0.461 e. The zero-order chi connectivity index (χ0) is 19.1. The number of carbonyl (C=O) groups is 1. The topological polar surface area (TPSA) is 55.7 Å². The summed E-state index contributed by atoms with van der Waals surface area (Å²) < 4.78 is 9.60. The van der Waals surface area contributed by atoms with Crippen LogP contribution in [0, 0.1) is 6.92 Å². The van der Waals surface area contributed by atoms with Crippen LogP contribution >= 0.6 is 0 Å². The Morgan fingerprint density at radius 3 is 2.57 bits per heavy atom. The van der Waals surface area contributed by atoms with Gasteiger partial charge in [0.25, 0.3) is 0 Å². The lowest BCUT2D eigenvalue weighted by molar-refractivity contribution is 0.100.